The van der Waals surface area contributed by atoms with E-state index in [4.69, 9.17) is 0 Å². The van der Waals surface area contributed by atoms with Crippen molar-refractivity contribution < 1.29 is 4.79 Å². The molecule has 3 N–H and O–H groups in total. The summed E-state index contributed by atoms with van der Waals surface area (Å²) in [5.41, 5.74) is 1.16. The van der Waals surface area contributed by atoms with Crippen molar-refractivity contribution in [2.45, 2.75) is 13.8 Å². The fourth-order valence-electron chi connectivity index (χ4n) is 2.28. The standard InChI is InChI=1S/C15H13N3O3S/c1-7-5-3-4-6-9(7)16-13(20)11-8(2)10-12(19)17-15(21)18-14(10)22-11/h3-6H,1-2H3,(H,16,20)(H2,17,18,19,21). The molecule has 1 amide bonds. The molecular formula is C15H13N3O3S. The molecule has 0 atom stereocenters. The number of thiophene rings is 1. The van der Waals surface area contributed by atoms with Crippen molar-refractivity contribution in [1.82, 2.24) is 9.97 Å². The van der Waals surface area contributed by atoms with Crippen LogP contribution in [0.4, 0.5) is 5.69 Å². The maximum Gasteiger partial charge on any atom is 0.326 e. The summed E-state index contributed by atoms with van der Waals surface area (Å²) in [5, 5.41) is 3.18. The lowest BCUT2D eigenvalue weighted by molar-refractivity contribution is 0.103. The van der Waals surface area contributed by atoms with Gasteiger partial charge in [-0.1, -0.05) is 18.2 Å². The van der Waals surface area contributed by atoms with Gasteiger partial charge in [-0.2, -0.15) is 0 Å². The molecule has 0 spiro atoms. The first-order chi connectivity index (χ1) is 10.5. The monoisotopic (exact) mass is 315 g/mol. The summed E-state index contributed by atoms with van der Waals surface area (Å²) in [5.74, 6) is -0.298. The molecule has 0 saturated heterocycles. The lowest BCUT2D eigenvalue weighted by Gasteiger charge is -2.07. The maximum atomic E-state index is 12.4. The van der Waals surface area contributed by atoms with E-state index in [1.54, 1.807) is 6.92 Å². The van der Waals surface area contributed by atoms with Gasteiger partial charge < -0.3 is 5.32 Å². The number of H-pyrrole nitrogens is 2. The van der Waals surface area contributed by atoms with Crippen LogP contribution in [0.3, 0.4) is 0 Å². The zero-order valence-corrected chi connectivity index (χ0v) is 12.8. The zero-order valence-electron chi connectivity index (χ0n) is 11.9. The Hall–Kier alpha value is -2.67. The second-order valence-electron chi connectivity index (χ2n) is 4.94. The molecule has 0 aliphatic heterocycles. The Balaban J connectivity index is 2.07. The van der Waals surface area contributed by atoms with Crippen LogP contribution in [0.5, 0.6) is 0 Å². The third-order valence-corrected chi connectivity index (χ3v) is 4.63. The smallest absolute Gasteiger partial charge is 0.321 e. The number of hydrogen-bond donors (Lipinski definition) is 3. The molecule has 1 aromatic carbocycles. The lowest BCUT2D eigenvalue weighted by Crippen LogP contribution is -2.21. The van der Waals surface area contributed by atoms with E-state index in [1.165, 1.54) is 0 Å². The van der Waals surface area contributed by atoms with Crippen molar-refractivity contribution in [2.75, 3.05) is 5.32 Å². The molecule has 2 heterocycles. The number of carbonyl (C=O) groups is 1. The first kappa shape index (κ1) is 14.3. The van der Waals surface area contributed by atoms with Gasteiger partial charge in [-0.05, 0) is 31.0 Å². The van der Waals surface area contributed by atoms with Gasteiger partial charge in [0.15, 0.2) is 0 Å². The van der Waals surface area contributed by atoms with E-state index >= 15 is 0 Å². The third-order valence-electron chi connectivity index (χ3n) is 3.43. The quantitative estimate of drug-likeness (QED) is 0.676. The maximum absolute atomic E-state index is 12.4. The average molecular weight is 315 g/mol. The molecule has 0 unspecified atom stereocenters. The predicted molar refractivity (Wildman–Crippen MR) is 86.9 cm³/mol. The molecule has 0 aliphatic carbocycles. The number of anilines is 1. The van der Waals surface area contributed by atoms with Gasteiger partial charge in [0.25, 0.3) is 11.5 Å². The molecule has 0 aliphatic rings. The van der Waals surface area contributed by atoms with E-state index in [-0.39, 0.29) is 5.91 Å². The minimum atomic E-state index is -0.579. The third kappa shape index (κ3) is 2.35. The summed E-state index contributed by atoms with van der Waals surface area (Å²) >= 11 is 1.10. The number of nitrogens with one attached hydrogen (secondary N) is 3. The first-order valence-electron chi connectivity index (χ1n) is 6.60. The minimum absolute atomic E-state index is 0.298. The highest BCUT2D eigenvalue weighted by Gasteiger charge is 2.18. The molecule has 0 saturated carbocycles. The number of hydrogen-bond acceptors (Lipinski definition) is 4. The van der Waals surface area contributed by atoms with Gasteiger partial charge in [-0.3, -0.25) is 19.6 Å². The van der Waals surface area contributed by atoms with E-state index in [0.717, 1.165) is 16.9 Å². The van der Waals surface area contributed by atoms with Gasteiger partial charge in [0, 0.05) is 5.69 Å². The lowest BCUT2D eigenvalue weighted by atomic mass is 10.2. The molecule has 0 bridgehead atoms. The fourth-order valence-corrected chi connectivity index (χ4v) is 3.38. The Morgan fingerprint density at radius 1 is 1.14 bits per heavy atom. The topological polar surface area (TPSA) is 94.8 Å². The number of aromatic amines is 2. The van der Waals surface area contributed by atoms with E-state index in [9.17, 15) is 14.4 Å². The molecular weight excluding hydrogens is 302 g/mol. The Morgan fingerprint density at radius 2 is 1.86 bits per heavy atom. The van der Waals surface area contributed by atoms with Crippen LogP contribution in [-0.2, 0) is 0 Å². The Kier molecular flexibility index (Phi) is 3.42. The van der Waals surface area contributed by atoms with Gasteiger partial charge >= 0.3 is 5.69 Å². The highest BCUT2D eigenvalue weighted by molar-refractivity contribution is 7.20. The van der Waals surface area contributed by atoms with Crippen molar-refractivity contribution in [3.05, 3.63) is 61.1 Å². The molecule has 22 heavy (non-hydrogen) atoms. The summed E-state index contributed by atoms with van der Waals surface area (Å²) in [7, 11) is 0. The van der Waals surface area contributed by atoms with Crippen molar-refractivity contribution in [2.24, 2.45) is 0 Å². The van der Waals surface area contributed by atoms with Crippen LogP contribution in [0.25, 0.3) is 10.2 Å². The second-order valence-corrected chi connectivity index (χ2v) is 5.96. The largest absolute Gasteiger partial charge is 0.326 e. The predicted octanol–water partition coefficient (Wildman–Crippen LogP) is 2.15. The second kappa shape index (κ2) is 5.27. The Morgan fingerprint density at radius 3 is 2.59 bits per heavy atom. The first-order valence-corrected chi connectivity index (χ1v) is 7.41. The van der Waals surface area contributed by atoms with Crippen LogP contribution in [0, 0.1) is 13.8 Å². The average Bonchev–Trinajstić information content (AvgIpc) is 2.78. The van der Waals surface area contributed by atoms with Crippen molar-refractivity contribution in [3.8, 4) is 0 Å². The summed E-state index contributed by atoms with van der Waals surface area (Å²) in [4.78, 5) is 41.2. The number of aryl methyl sites for hydroxylation is 2. The molecule has 3 aromatic rings. The number of fused-ring (bicyclic) bond motifs is 1. The van der Waals surface area contributed by atoms with E-state index < -0.39 is 11.2 Å². The normalized spacial score (nSPS) is 10.8. The van der Waals surface area contributed by atoms with Crippen LogP contribution >= 0.6 is 11.3 Å². The van der Waals surface area contributed by atoms with Crippen LogP contribution in [0.15, 0.2) is 33.9 Å². The summed E-state index contributed by atoms with van der Waals surface area (Å²) in [6.07, 6.45) is 0. The summed E-state index contributed by atoms with van der Waals surface area (Å²) in [6, 6.07) is 7.43. The SMILES string of the molecule is Cc1ccccc1NC(=O)c1sc2[nH]c(=O)[nH]c(=O)c2c1C. The van der Waals surface area contributed by atoms with Crippen LogP contribution in [-0.4, -0.2) is 15.9 Å². The molecule has 2 aromatic heterocycles. The molecule has 7 heteroatoms. The Labute approximate surface area is 128 Å². The Bertz CT molecular complexity index is 997. The van der Waals surface area contributed by atoms with Gasteiger partial charge in [0.2, 0.25) is 0 Å². The number of amides is 1. The van der Waals surface area contributed by atoms with Gasteiger partial charge in [-0.15, -0.1) is 11.3 Å². The number of rotatable bonds is 2. The molecule has 6 nitrogen and oxygen atoms in total. The van der Waals surface area contributed by atoms with Crippen molar-refractivity contribution in [1.29, 1.82) is 0 Å². The summed E-state index contributed by atoms with van der Waals surface area (Å²) in [6.45, 7) is 3.59. The van der Waals surface area contributed by atoms with E-state index in [2.05, 4.69) is 15.3 Å². The van der Waals surface area contributed by atoms with Crippen molar-refractivity contribution in [3.63, 3.8) is 0 Å². The van der Waals surface area contributed by atoms with Crippen LogP contribution < -0.4 is 16.6 Å². The van der Waals surface area contributed by atoms with Crippen LogP contribution in [0.1, 0.15) is 20.8 Å². The number of benzene rings is 1. The van der Waals surface area contributed by atoms with Crippen molar-refractivity contribution >= 4 is 33.1 Å². The highest BCUT2D eigenvalue weighted by Crippen LogP contribution is 2.27. The van der Waals surface area contributed by atoms with Crippen LogP contribution in [0.2, 0.25) is 0 Å². The number of aromatic nitrogens is 2. The molecule has 112 valence electrons. The highest BCUT2D eigenvalue weighted by atomic mass is 32.1. The number of carbonyl (C=O) groups excluding carboxylic acids is 1. The van der Waals surface area contributed by atoms with E-state index in [1.807, 2.05) is 31.2 Å². The molecule has 3 rings (SSSR count). The number of para-hydroxylation sites is 1. The summed E-state index contributed by atoms with van der Waals surface area (Å²) < 4.78 is 0. The van der Waals surface area contributed by atoms with Gasteiger partial charge in [0.1, 0.15) is 4.83 Å². The van der Waals surface area contributed by atoms with E-state index in [0.29, 0.717) is 26.3 Å². The van der Waals surface area contributed by atoms with Gasteiger partial charge in [-0.25, -0.2) is 4.79 Å². The molecule has 0 radical (unpaired) electrons. The zero-order chi connectivity index (χ0) is 15.9. The molecule has 0 fully saturated rings. The van der Waals surface area contributed by atoms with Gasteiger partial charge in [0.05, 0.1) is 10.3 Å². The fraction of sp³-hybridized carbons (Fsp3) is 0.133. The minimum Gasteiger partial charge on any atom is -0.321 e.